The van der Waals surface area contributed by atoms with Crippen LogP contribution in [0.1, 0.15) is 46.0 Å². The minimum atomic E-state index is -0.344. The van der Waals surface area contributed by atoms with Gasteiger partial charge in [0.25, 0.3) is 0 Å². The molecule has 1 heterocycles. The summed E-state index contributed by atoms with van der Waals surface area (Å²) < 4.78 is 4.70. The first-order valence-corrected chi connectivity index (χ1v) is 7.68. The summed E-state index contributed by atoms with van der Waals surface area (Å²) >= 11 is 0. The van der Waals surface area contributed by atoms with E-state index in [0.29, 0.717) is 18.9 Å². The Morgan fingerprint density at radius 2 is 2.05 bits per heavy atom. The summed E-state index contributed by atoms with van der Waals surface area (Å²) in [5.74, 6) is 0.158. The van der Waals surface area contributed by atoms with E-state index in [1.165, 1.54) is 7.11 Å². The van der Waals surface area contributed by atoms with Gasteiger partial charge in [0.05, 0.1) is 7.11 Å². The van der Waals surface area contributed by atoms with Crippen LogP contribution in [0.3, 0.4) is 0 Å². The van der Waals surface area contributed by atoms with Gasteiger partial charge >= 0.3 is 5.97 Å². The van der Waals surface area contributed by atoms with Crippen molar-refractivity contribution >= 4 is 11.9 Å². The van der Waals surface area contributed by atoms with Crippen LogP contribution in [0.25, 0.3) is 0 Å². The molecule has 1 amide bonds. The van der Waals surface area contributed by atoms with E-state index < -0.39 is 0 Å². The zero-order valence-electron chi connectivity index (χ0n) is 13.0. The first-order valence-electron chi connectivity index (χ1n) is 7.68. The maximum absolute atomic E-state index is 12.4. The molecule has 0 aromatic carbocycles. The molecule has 0 radical (unpaired) electrons. The monoisotopic (exact) mass is 284 g/mol. The number of methoxy groups -OCH3 is 1. The second kappa shape index (κ2) is 8.95. The molecule has 20 heavy (non-hydrogen) atoms. The SMILES string of the molecule is CCC(CC)CN(CC(=O)OC)C(=O)CC1CCCN1. The Balaban J connectivity index is 2.58. The van der Waals surface area contributed by atoms with Crippen molar-refractivity contribution in [3.05, 3.63) is 0 Å². The van der Waals surface area contributed by atoms with Crippen LogP contribution in [0.4, 0.5) is 0 Å². The van der Waals surface area contributed by atoms with Gasteiger partial charge in [0, 0.05) is 19.0 Å². The van der Waals surface area contributed by atoms with Gasteiger partial charge in [-0.2, -0.15) is 0 Å². The van der Waals surface area contributed by atoms with Crippen LogP contribution in [0.15, 0.2) is 0 Å². The Hall–Kier alpha value is -1.10. The molecule has 5 nitrogen and oxygen atoms in total. The quantitative estimate of drug-likeness (QED) is 0.687. The second-order valence-electron chi connectivity index (χ2n) is 5.53. The van der Waals surface area contributed by atoms with Crippen molar-refractivity contribution in [2.75, 3.05) is 26.7 Å². The van der Waals surface area contributed by atoms with Crippen LogP contribution < -0.4 is 5.32 Å². The van der Waals surface area contributed by atoms with Crippen molar-refractivity contribution in [2.24, 2.45) is 5.92 Å². The molecule has 1 fully saturated rings. The van der Waals surface area contributed by atoms with Gasteiger partial charge in [-0.25, -0.2) is 0 Å². The molecule has 0 aromatic rings. The first-order chi connectivity index (χ1) is 9.60. The summed E-state index contributed by atoms with van der Waals surface area (Å²) in [6.45, 7) is 5.94. The van der Waals surface area contributed by atoms with Crippen LogP contribution in [0, 0.1) is 5.92 Å². The van der Waals surface area contributed by atoms with E-state index in [2.05, 4.69) is 19.2 Å². The van der Waals surface area contributed by atoms with E-state index in [9.17, 15) is 9.59 Å². The average molecular weight is 284 g/mol. The lowest BCUT2D eigenvalue weighted by Crippen LogP contribution is -2.41. The molecule has 1 rings (SSSR count). The maximum atomic E-state index is 12.4. The number of carbonyl (C=O) groups excluding carboxylic acids is 2. The summed E-state index contributed by atoms with van der Waals surface area (Å²) in [7, 11) is 1.36. The highest BCUT2D eigenvalue weighted by Gasteiger charge is 2.24. The van der Waals surface area contributed by atoms with Crippen LogP contribution in [0.2, 0.25) is 0 Å². The molecule has 0 saturated carbocycles. The third-order valence-corrected chi connectivity index (χ3v) is 4.12. The highest BCUT2D eigenvalue weighted by molar-refractivity contribution is 5.82. The molecular weight excluding hydrogens is 256 g/mol. The molecule has 1 unspecified atom stereocenters. The first kappa shape index (κ1) is 17.0. The lowest BCUT2D eigenvalue weighted by Gasteiger charge is -2.27. The molecule has 1 N–H and O–H groups in total. The summed E-state index contributed by atoms with van der Waals surface area (Å²) in [5.41, 5.74) is 0. The van der Waals surface area contributed by atoms with Crippen LogP contribution in [-0.2, 0) is 14.3 Å². The summed E-state index contributed by atoms with van der Waals surface area (Å²) in [5, 5.41) is 3.33. The van der Waals surface area contributed by atoms with Crippen LogP contribution in [0.5, 0.6) is 0 Å². The van der Waals surface area contributed by atoms with Crippen molar-refractivity contribution in [3.63, 3.8) is 0 Å². The molecule has 0 aromatic heterocycles. The van der Waals surface area contributed by atoms with E-state index in [0.717, 1.165) is 32.2 Å². The lowest BCUT2D eigenvalue weighted by atomic mass is 10.0. The standard InChI is InChI=1S/C15H28N2O3/c1-4-12(5-2)10-17(11-15(19)20-3)14(18)9-13-7-6-8-16-13/h12-13,16H,4-11H2,1-3H3. The fourth-order valence-corrected chi connectivity index (χ4v) is 2.60. The number of carbonyl (C=O) groups is 2. The number of amides is 1. The minimum absolute atomic E-state index is 0.0571. The van der Waals surface area contributed by atoms with Crippen molar-refractivity contribution in [1.29, 1.82) is 0 Å². The zero-order valence-corrected chi connectivity index (χ0v) is 13.0. The van der Waals surface area contributed by atoms with E-state index >= 15 is 0 Å². The summed E-state index contributed by atoms with van der Waals surface area (Å²) in [6, 6.07) is 0.268. The maximum Gasteiger partial charge on any atom is 0.325 e. The zero-order chi connectivity index (χ0) is 15.0. The minimum Gasteiger partial charge on any atom is -0.468 e. The fraction of sp³-hybridized carbons (Fsp3) is 0.867. The van der Waals surface area contributed by atoms with Crippen molar-refractivity contribution in [2.45, 2.75) is 52.0 Å². The van der Waals surface area contributed by atoms with Gasteiger partial charge in [-0.15, -0.1) is 0 Å². The predicted molar refractivity (Wildman–Crippen MR) is 78.3 cm³/mol. The van der Waals surface area contributed by atoms with Gasteiger partial charge < -0.3 is 15.0 Å². The Labute approximate surface area is 122 Å². The van der Waals surface area contributed by atoms with E-state index in [1.54, 1.807) is 4.90 Å². The van der Waals surface area contributed by atoms with Gasteiger partial charge in [0.1, 0.15) is 6.54 Å². The predicted octanol–water partition coefficient (Wildman–Crippen LogP) is 1.57. The van der Waals surface area contributed by atoms with Gasteiger partial charge in [-0.05, 0) is 25.3 Å². The molecule has 116 valence electrons. The molecule has 1 atom stereocenters. The van der Waals surface area contributed by atoms with Crippen molar-refractivity contribution in [1.82, 2.24) is 10.2 Å². The van der Waals surface area contributed by atoms with E-state index in [-0.39, 0.29) is 24.5 Å². The third kappa shape index (κ3) is 5.49. The normalized spacial score (nSPS) is 18.3. The number of esters is 1. The summed E-state index contributed by atoms with van der Waals surface area (Å²) in [4.78, 5) is 25.6. The molecule has 1 aliphatic rings. The van der Waals surface area contributed by atoms with E-state index in [1.807, 2.05) is 0 Å². The molecule has 1 saturated heterocycles. The molecule has 5 heteroatoms. The number of nitrogens with zero attached hydrogens (tertiary/aromatic N) is 1. The number of rotatable bonds is 8. The molecular formula is C15H28N2O3. The number of nitrogens with one attached hydrogen (secondary N) is 1. The van der Waals surface area contributed by atoms with Gasteiger partial charge in [0.2, 0.25) is 5.91 Å². The highest BCUT2D eigenvalue weighted by Crippen LogP contribution is 2.14. The highest BCUT2D eigenvalue weighted by atomic mass is 16.5. The number of ether oxygens (including phenoxy) is 1. The third-order valence-electron chi connectivity index (χ3n) is 4.12. The summed E-state index contributed by atoms with van der Waals surface area (Å²) in [6.07, 6.45) is 4.69. The van der Waals surface area contributed by atoms with Gasteiger partial charge in [-0.1, -0.05) is 26.7 Å². The second-order valence-corrected chi connectivity index (χ2v) is 5.53. The molecule has 0 aliphatic carbocycles. The van der Waals surface area contributed by atoms with Crippen LogP contribution in [-0.4, -0.2) is 49.6 Å². The average Bonchev–Trinajstić information content (AvgIpc) is 2.95. The number of hydrogen-bond donors (Lipinski definition) is 1. The Morgan fingerprint density at radius 1 is 1.35 bits per heavy atom. The Morgan fingerprint density at radius 3 is 2.55 bits per heavy atom. The lowest BCUT2D eigenvalue weighted by molar-refractivity contribution is -0.147. The molecule has 0 bridgehead atoms. The van der Waals surface area contributed by atoms with Crippen molar-refractivity contribution in [3.8, 4) is 0 Å². The Kier molecular flexibility index (Phi) is 7.59. The smallest absolute Gasteiger partial charge is 0.325 e. The topological polar surface area (TPSA) is 58.6 Å². The fourth-order valence-electron chi connectivity index (χ4n) is 2.60. The largest absolute Gasteiger partial charge is 0.468 e. The number of hydrogen-bond acceptors (Lipinski definition) is 4. The molecule has 1 aliphatic heterocycles. The molecule has 0 spiro atoms. The van der Waals surface area contributed by atoms with Gasteiger partial charge in [0.15, 0.2) is 0 Å². The van der Waals surface area contributed by atoms with E-state index in [4.69, 9.17) is 4.74 Å². The van der Waals surface area contributed by atoms with Crippen LogP contribution >= 0.6 is 0 Å². The van der Waals surface area contributed by atoms with Gasteiger partial charge in [-0.3, -0.25) is 9.59 Å². The van der Waals surface area contributed by atoms with Crippen molar-refractivity contribution < 1.29 is 14.3 Å². The Bertz CT molecular complexity index is 310.